The molecule has 0 amide bonds. The van der Waals surface area contributed by atoms with Crippen LogP contribution in [0.25, 0.3) is 22.2 Å². The molecule has 2 aromatic heterocycles. The van der Waals surface area contributed by atoms with Crippen LogP contribution in [0.3, 0.4) is 0 Å². The number of aryl methyl sites for hydroxylation is 3. The summed E-state index contributed by atoms with van der Waals surface area (Å²) >= 11 is 5.95. The van der Waals surface area contributed by atoms with Crippen LogP contribution in [0.4, 0.5) is 0 Å². The van der Waals surface area contributed by atoms with Crippen LogP contribution in [0.2, 0.25) is 5.02 Å². The lowest BCUT2D eigenvalue weighted by Crippen LogP contribution is -2.40. The van der Waals surface area contributed by atoms with Crippen LogP contribution in [0.1, 0.15) is 24.5 Å². The van der Waals surface area contributed by atoms with E-state index in [1.54, 1.807) is 0 Å². The molecule has 2 N–H and O–H groups in total. The van der Waals surface area contributed by atoms with Crippen molar-refractivity contribution in [3.05, 3.63) is 79.5 Å². The molecule has 0 spiro atoms. The molecular weight excluding hydrogens is 376 g/mol. The van der Waals surface area contributed by atoms with Crippen molar-refractivity contribution in [3.8, 4) is 0 Å². The van der Waals surface area contributed by atoms with Crippen molar-refractivity contribution in [2.75, 3.05) is 0 Å². The van der Waals surface area contributed by atoms with Gasteiger partial charge in [0, 0.05) is 5.02 Å². The SMILES string of the molecule is CCc1ccc2c(c1)nc1c(=O)[nH]c(=O)[nH]c1[n+]2CCCc1ccc(Cl)cc1. The second-order valence-corrected chi connectivity index (χ2v) is 7.21. The van der Waals surface area contributed by atoms with Crippen molar-refractivity contribution < 1.29 is 4.57 Å². The summed E-state index contributed by atoms with van der Waals surface area (Å²) in [5.41, 5.74) is 3.65. The van der Waals surface area contributed by atoms with Crippen LogP contribution in [0.15, 0.2) is 52.1 Å². The molecule has 0 aliphatic rings. The number of hydrogen-bond donors (Lipinski definition) is 2. The smallest absolute Gasteiger partial charge is 0.267 e. The van der Waals surface area contributed by atoms with Crippen molar-refractivity contribution in [1.29, 1.82) is 0 Å². The zero-order valence-corrected chi connectivity index (χ0v) is 16.2. The van der Waals surface area contributed by atoms with E-state index >= 15 is 0 Å². The van der Waals surface area contributed by atoms with Gasteiger partial charge in [0.2, 0.25) is 5.52 Å². The first-order valence-corrected chi connectivity index (χ1v) is 9.66. The summed E-state index contributed by atoms with van der Waals surface area (Å²) in [6.07, 6.45) is 2.58. The summed E-state index contributed by atoms with van der Waals surface area (Å²) in [5.74, 6) is 0. The van der Waals surface area contributed by atoms with Gasteiger partial charge in [0.1, 0.15) is 5.52 Å². The third kappa shape index (κ3) is 3.55. The maximum Gasteiger partial charge on any atom is 0.413 e. The summed E-state index contributed by atoms with van der Waals surface area (Å²) < 4.78 is 1.98. The normalized spacial score (nSPS) is 11.4. The van der Waals surface area contributed by atoms with E-state index in [9.17, 15) is 9.59 Å². The Kier molecular flexibility index (Phi) is 4.96. The van der Waals surface area contributed by atoms with E-state index in [1.165, 1.54) is 5.56 Å². The predicted molar refractivity (Wildman–Crippen MR) is 110 cm³/mol. The minimum absolute atomic E-state index is 0.242. The zero-order chi connectivity index (χ0) is 19.7. The molecule has 7 heteroatoms. The Labute approximate surface area is 165 Å². The molecule has 4 aromatic rings. The van der Waals surface area contributed by atoms with Crippen molar-refractivity contribution in [2.24, 2.45) is 0 Å². The maximum absolute atomic E-state index is 12.3. The van der Waals surface area contributed by atoms with E-state index in [2.05, 4.69) is 27.9 Å². The van der Waals surface area contributed by atoms with Crippen LogP contribution in [0.5, 0.6) is 0 Å². The fourth-order valence-corrected chi connectivity index (χ4v) is 3.57. The van der Waals surface area contributed by atoms with E-state index in [0.29, 0.717) is 17.2 Å². The maximum atomic E-state index is 12.3. The van der Waals surface area contributed by atoms with Crippen LogP contribution < -0.4 is 15.8 Å². The first-order valence-electron chi connectivity index (χ1n) is 9.28. The highest BCUT2D eigenvalue weighted by molar-refractivity contribution is 6.30. The summed E-state index contributed by atoms with van der Waals surface area (Å²) in [6.45, 7) is 2.72. The number of hydrogen-bond acceptors (Lipinski definition) is 3. The van der Waals surface area contributed by atoms with Crippen LogP contribution >= 0.6 is 11.6 Å². The second-order valence-electron chi connectivity index (χ2n) is 6.78. The molecule has 142 valence electrons. The molecule has 2 heterocycles. The average Bonchev–Trinajstić information content (AvgIpc) is 2.69. The molecule has 0 aliphatic carbocycles. The van der Waals surface area contributed by atoms with Gasteiger partial charge in [-0.1, -0.05) is 36.7 Å². The van der Waals surface area contributed by atoms with E-state index in [0.717, 1.165) is 35.9 Å². The van der Waals surface area contributed by atoms with Crippen molar-refractivity contribution in [1.82, 2.24) is 15.0 Å². The minimum atomic E-state index is -0.532. The van der Waals surface area contributed by atoms with Crippen molar-refractivity contribution >= 4 is 33.8 Å². The molecule has 4 rings (SSSR count). The number of halogens is 1. The first kappa shape index (κ1) is 18.4. The molecule has 0 unspecified atom stereocenters. The Morgan fingerprint density at radius 2 is 1.79 bits per heavy atom. The highest BCUT2D eigenvalue weighted by Crippen LogP contribution is 2.15. The lowest BCUT2D eigenvalue weighted by atomic mass is 10.1. The number of benzene rings is 2. The lowest BCUT2D eigenvalue weighted by Gasteiger charge is -2.08. The highest BCUT2D eigenvalue weighted by Gasteiger charge is 2.18. The topological polar surface area (TPSA) is 82.5 Å². The fraction of sp³-hybridized carbons (Fsp3) is 0.238. The summed E-state index contributed by atoms with van der Waals surface area (Å²) in [4.78, 5) is 33.7. The number of nitrogens with zero attached hydrogens (tertiary/aromatic N) is 2. The van der Waals surface area contributed by atoms with Crippen molar-refractivity contribution in [2.45, 2.75) is 32.7 Å². The van der Waals surface area contributed by atoms with Gasteiger partial charge in [-0.3, -0.25) is 9.78 Å². The Morgan fingerprint density at radius 3 is 2.54 bits per heavy atom. The molecule has 6 nitrogen and oxygen atoms in total. The number of rotatable bonds is 5. The molecule has 0 radical (unpaired) electrons. The molecule has 0 saturated heterocycles. The van der Waals surface area contributed by atoms with E-state index < -0.39 is 11.2 Å². The highest BCUT2D eigenvalue weighted by atomic mass is 35.5. The molecular formula is C21H20ClN4O2+. The van der Waals surface area contributed by atoms with Gasteiger partial charge >= 0.3 is 11.3 Å². The summed E-state index contributed by atoms with van der Waals surface area (Å²) in [6, 6.07) is 13.8. The van der Waals surface area contributed by atoms with Gasteiger partial charge in [0.25, 0.3) is 5.56 Å². The quantitative estimate of drug-likeness (QED) is 0.402. The van der Waals surface area contributed by atoms with Crippen LogP contribution in [0, 0.1) is 0 Å². The standard InChI is InChI=1S/C21H19ClN4O2/c1-2-13-7-10-17-16(12-13)23-18-19(24-21(28)25-20(18)27)26(17)11-3-4-14-5-8-15(22)9-6-14/h5-10,12H,2-4,11H2,1H3,(H,25,27,28)/p+1. The Hall–Kier alpha value is -2.99. The van der Waals surface area contributed by atoms with Gasteiger partial charge in [-0.25, -0.2) is 14.3 Å². The Bertz CT molecular complexity index is 1280. The van der Waals surface area contributed by atoms with Crippen LogP contribution in [-0.2, 0) is 19.4 Å². The monoisotopic (exact) mass is 395 g/mol. The van der Waals surface area contributed by atoms with Gasteiger partial charge < -0.3 is 0 Å². The average molecular weight is 396 g/mol. The molecule has 2 aromatic carbocycles. The third-order valence-electron chi connectivity index (χ3n) is 4.90. The van der Waals surface area contributed by atoms with Crippen molar-refractivity contribution in [3.63, 3.8) is 0 Å². The third-order valence-corrected chi connectivity index (χ3v) is 5.15. The second kappa shape index (κ2) is 7.56. The molecule has 0 fully saturated rings. The van der Waals surface area contributed by atoms with Gasteiger partial charge in [-0.2, -0.15) is 4.98 Å². The fourth-order valence-electron chi connectivity index (χ4n) is 3.44. The number of H-pyrrole nitrogens is 2. The summed E-state index contributed by atoms with van der Waals surface area (Å²) in [7, 11) is 0. The minimum Gasteiger partial charge on any atom is -0.267 e. The summed E-state index contributed by atoms with van der Waals surface area (Å²) in [5, 5.41) is 0.716. The number of nitrogens with one attached hydrogen (secondary N) is 2. The first-order chi connectivity index (χ1) is 13.5. The zero-order valence-electron chi connectivity index (χ0n) is 15.5. The van der Waals surface area contributed by atoms with Crippen LogP contribution in [-0.4, -0.2) is 15.0 Å². The van der Waals surface area contributed by atoms with Gasteiger partial charge in [0.15, 0.2) is 5.52 Å². The molecule has 0 saturated carbocycles. The molecule has 0 bridgehead atoms. The molecule has 0 atom stereocenters. The largest absolute Gasteiger partial charge is 0.413 e. The predicted octanol–water partition coefficient (Wildman–Crippen LogP) is 2.90. The molecule has 28 heavy (non-hydrogen) atoms. The number of fused-ring (bicyclic) bond motifs is 2. The van der Waals surface area contributed by atoms with Gasteiger partial charge in [-0.05, 0) is 54.7 Å². The van der Waals surface area contributed by atoms with E-state index in [4.69, 9.17) is 11.6 Å². The van der Waals surface area contributed by atoms with Gasteiger partial charge in [-0.15, -0.1) is 0 Å². The van der Waals surface area contributed by atoms with E-state index in [1.807, 2.05) is 41.0 Å². The molecule has 0 aliphatic heterocycles. The van der Waals surface area contributed by atoms with E-state index in [-0.39, 0.29) is 5.52 Å². The van der Waals surface area contributed by atoms with Gasteiger partial charge in [0.05, 0.1) is 6.54 Å². The number of aromatic amines is 2. The number of aromatic nitrogens is 4. The Balaban J connectivity index is 1.79. The Morgan fingerprint density at radius 1 is 1.04 bits per heavy atom. The lowest BCUT2D eigenvalue weighted by molar-refractivity contribution is -0.648.